The number of anilines is 2. The molecule has 1 saturated heterocycles. The summed E-state index contributed by atoms with van der Waals surface area (Å²) >= 11 is 1.95. The Hall–Kier alpha value is -1.81. The fourth-order valence-electron chi connectivity index (χ4n) is 2.76. The highest BCUT2D eigenvalue weighted by Crippen LogP contribution is 2.29. The molecule has 8 heteroatoms. The Bertz CT molecular complexity index is 839. The van der Waals surface area contributed by atoms with Crippen LogP contribution in [0.3, 0.4) is 0 Å². The van der Waals surface area contributed by atoms with Gasteiger partial charge in [-0.2, -0.15) is 0 Å². The first-order valence-corrected chi connectivity index (χ1v) is 9.12. The molecule has 0 unspecified atom stereocenters. The first-order valence-electron chi connectivity index (χ1n) is 8.04. The Kier molecular flexibility index (Phi) is 5.71. The van der Waals surface area contributed by atoms with Crippen LogP contribution in [0.2, 0.25) is 0 Å². The minimum absolute atomic E-state index is 0.0218. The Balaban J connectivity index is 1.96. The van der Waals surface area contributed by atoms with Crippen LogP contribution in [0.5, 0.6) is 0 Å². The average Bonchev–Trinajstić information content (AvgIpc) is 2.61. The van der Waals surface area contributed by atoms with Crippen molar-refractivity contribution in [3.8, 4) is 0 Å². The number of benzene rings is 2. The fraction of sp³-hybridized carbons (Fsp3) is 0.278. The molecule has 1 heterocycles. The van der Waals surface area contributed by atoms with E-state index in [1.165, 1.54) is 18.2 Å². The highest BCUT2D eigenvalue weighted by atomic mass is 127. The molecule has 0 aliphatic carbocycles. The van der Waals surface area contributed by atoms with E-state index in [0.717, 1.165) is 6.07 Å². The third-order valence-corrected chi connectivity index (χ3v) is 4.98. The topological polar surface area (TPSA) is 35.6 Å². The van der Waals surface area contributed by atoms with Gasteiger partial charge in [0.1, 0.15) is 5.82 Å². The molecule has 3 rings (SSSR count). The van der Waals surface area contributed by atoms with E-state index in [9.17, 15) is 18.0 Å². The monoisotopic (exact) mass is 475 g/mol. The molecule has 2 aromatic rings. The first-order chi connectivity index (χ1) is 12.4. The number of carbonyl (C=O) groups is 1. The lowest BCUT2D eigenvalue weighted by atomic mass is 10.1. The SMILES string of the molecule is CN1CCN(C(=O)c2ccc(F)c(F)c2Nc2ccc(I)cc2F)CC1. The molecule has 1 aliphatic heterocycles. The normalized spacial score (nSPS) is 15.2. The van der Waals surface area contributed by atoms with Crippen LogP contribution >= 0.6 is 22.6 Å². The number of nitrogens with one attached hydrogen (secondary N) is 1. The average molecular weight is 475 g/mol. The number of likely N-dealkylation sites (N-methyl/N-ethyl adjacent to an activating group) is 1. The zero-order valence-corrected chi connectivity index (χ0v) is 16.2. The van der Waals surface area contributed by atoms with Gasteiger partial charge in [-0.15, -0.1) is 0 Å². The van der Waals surface area contributed by atoms with Gasteiger partial charge in [0.25, 0.3) is 5.91 Å². The quantitative estimate of drug-likeness (QED) is 0.686. The third kappa shape index (κ3) is 3.96. The maximum atomic E-state index is 14.4. The summed E-state index contributed by atoms with van der Waals surface area (Å²) in [5.74, 6) is -3.33. The molecule has 0 radical (unpaired) electrons. The van der Waals surface area contributed by atoms with Crippen molar-refractivity contribution in [2.24, 2.45) is 0 Å². The van der Waals surface area contributed by atoms with E-state index in [-0.39, 0.29) is 16.9 Å². The molecular formula is C18H17F3IN3O. The van der Waals surface area contributed by atoms with Crippen molar-refractivity contribution in [3.63, 3.8) is 0 Å². The molecule has 2 aromatic carbocycles. The zero-order valence-electron chi connectivity index (χ0n) is 14.0. The van der Waals surface area contributed by atoms with Crippen LogP contribution in [-0.2, 0) is 0 Å². The number of amides is 1. The maximum Gasteiger partial charge on any atom is 0.256 e. The molecular weight excluding hydrogens is 458 g/mol. The standard InChI is InChI=1S/C18H17F3IN3O/c1-24-6-8-25(9-7-24)18(26)12-3-4-13(19)16(21)17(12)23-15-5-2-11(22)10-14(15)20/h2-5,10,23H,6-9H2,1H3. The van der Waals surface area contributed by atoms with E-state index >= 15 is 0 Å². The Morgan fingerprint density at radius 1 is 1.04 bits per heavy atom. The Morgan fingerprint density at radius 3 is 2.38 bits per heavy atom. The van der Waals surface area contributed by atoms with E-state index in [0.29, 0.717) is 29.7 Å². The fourth-order valence-corrected chi connectivity index (χ4v) is 3.21. The first kappa shape index (κ1) is 19.0. The van der Waals surface area contributed by atoms with Crippen molar-refractivity contribution in [2.45, 2.75) is 0 Å². The van der Waals surface area contributed by atoms with Crippen LogP contribution in [-0.4, -0.2) is 48.9 Å². The molecule has 4 nitrogen and oxygen atoms in total. The second-order valence-electron chi connectivity index (χ2n) is 6.13. The predicted molar refractivity (Wildman–Crippen MR) is 102 cm³/mol. The molecule has 1 aliphatic rings. The molecule has 1 N–H and O–H groups in total. The minimum atomic E-state index is -1.21. The summed E-state index contributed by atoms with van der Waals surface area (Å²) in [4.78, 5) is 16.5. The van der Waals surface area contributed by atoms with Crippen LogP contribution in [0.4, 0.5) is 24.5 Å². The number of halogens is 4. The van der Waals surface area contributed by atoms with Crippen molar-refractivity contribution in [3.05, 3.63) is 56.9 Å². The number of hydrogen-bond acceptors (Lipinski definition) is 3. The van der Waals surface area contributed by atoms with Gasteiger partial charge >= 0.3 is 0 Å². The van der Waals surface area contributed by atoms with Crippen molar-refractivity contribution in [1.29, 1.82) is 0 Å². The molecule has 0 spiro atoms. The molecule has 1 fully saturated rings. The molecule has 0 aromatic heterocycles. The van der Waals surface area contributed by atoms with Gasteiger partial charge in [-0.3, -0.25) is 4.79 Å². The molecule has 0 atom stereocenters. The van der Waals surface area contributed by atoms with E-state index in [2.05, 4.69) is 10.2 Å². The largest absolute Gasteiger partial charge is 0.350 e. The van der Waals surface area contributed by atoms with Crippen LogP contribution in [0.25, 0.3) is 0 Å². The summed E-state index contributed by atoms with van der Waals surface area (Å²) in [6.07, 6.45) is 0. The Labute approximate surface area is 163 Å². The van der Waals surface area contributed by atoms with Crippen molar-refractivity contribution >= 4 is 39.9 Å². The number of hydrogen-bond donors (Lipinski definition) is 1. The number of nitrogens with zero attached hydrogens (tertiary/aromatic N) is 2. The number of rotatable bonds is 3. The van der Waals surface area contributed by atoms with Crippen molar-refractivity contribution in [1.82, 2.24) is 9.80 Å². The molecule has 1 amide bonds. The van der Waals surface area contributed by atoms with E-state index in [1.807, 2.05) is 29.6 Å². The predicted octanol–water partition coefficient (Wildman–Crippen LogP) is 3.84. The van der Waals surface area contributed by atoms with Gasteiger partial charge < -0.3 is 15.1 Å². The van der Waals surface area contributed by atoms with Crippen LogP contribution < -0.4 is 5.32 Å². The van der Waals surface area contributed by atoms with Gasteiger partial charge in [-0.25, -0.2) is 13.2 Å². The van der Waals surface area contributed by atoms with Crippen molar-refractivity contribution in [2.75, 3.05) is 38.5 Å². The van der Waals surface area contributed by atoms with Crippen LogP contribution in [0.1, 0.15) is 10.4 Å². The highest BCUT2D eigenvalue weighted by molar-refractivity contribution is 14.1. The lowest BCUT2D eigenvalue weighted by Crippen LogP contribution is -2.47. The molecule has 0 saturated carbocycles. The molecule has 138 valence electrons. The smallest absolute Gasteiger partial charge is 0.256 e. The second kappa shape index (κ2) is 7.83. The minimum Gasteiger partial charge on any atom is -0.350 e. The van der Waals surface area contributed by atoms with Gasteiger partial charge in [0.05, 0.1) is 16.9 Å². The van der Waals surface area contributed by atoms with Crippen molar-refractivity contribution < 1.29 is 18.0 Å². The van der Waals surface area contributed by atoms with Gasteiger partial charge in [-0.1, -0.05) is 0 Å². The van der Waals surface area contributed by atoms with Gasteiger partial charge in [0, 0.05) is 29.7 Å². The lowest BCUT2D eigenvalue weighted by molar-refractivity contribution is 0.0664. The van der Waals surface area contributed by atoms with Gasteiger partial charge in [0.2, 0.25) is 0 Å². The molecule has 26 heavy (non-hydrogen) atoms. The van der Waals surface area contributed by atoms with E-state index in [1.54, 1.807) is 11.0 Å². The summed E-state index contributed by atoms with van der Waals surface area (Å²) < 4.78 is 42.9. The highest BCUT2D eigenvalue weighted by Gasteiger charge is 2.26. The summed E-state index contributed by atoms with van der Waals surface area (Å²) in [6.45, 7) is 2.38. The third-order valence-electron chi connectivity index (χ3n) is 4.31. The van der Waals surface area contributed by atoms with Gasteiger partial charge in [-0.05, 0) is 60.0 Å². The summed E-state index contributed by atoms with van der Waals surface area (Å²) in [5, 5.41) is 2.55. The van der Waals surface area contributed by atoms with E-state index in [4.69, 9.17) is 0 Å². The second-order valence-corrected chi connectivity index (χ2v) is 7.37. The van der Waals surface area contributed by atoms with E-state index < -0.39 is 23.4 Å². The summed E-state index contributed by atoms with van der Waals surface area (Å²) in [7, 11) is 1.95. The zero-order chi connectivity index (χ0) is 18.8. The summed E-state index contributed by atoms with van der Waals surface area (Å²) in [5.41, 5.74) is -0.400. The summed E-state index contributed by atoms with van der Waals surface area (Å²) in [6, 6.07) is 6.46. The maximum absolute atomic E-state index is 14.4. The van der Waals surface area contributed by atoms with Crippen LogP contribution in [0, 0.1) is 21.0 Å². The lowest BCUT2D eigenvalue weighted by Gasteiger charge is -2.33. The Morgan fingerprint density at radius 2 is 1.73 bits per heavy atom. The number of piperazine rings is 1. The van der Waals surface area contributed by atoms with Gasteiger partial charge in [0.15, 0.2) is 11.6 Å². The number of carbonyl (C=O) groups excluding carboxylic acids is 1. The molecule has 0 bridgehead atoms. The van der Waals surface area contributed by atoms with Crippen LogP contribution in [0.15, 0.2) is 30.3 Å².